The van der Waals surface area contributed by atoms with E-state index < -0.39 is 46.2 Å². The van der Waals surface area contributed by atoms with Crippen molar-refractivity contribution in [3.05, 3.63) is 29.3 Å². The monoisotopic (exact) mass is 438 g/mol. The Morgan fingerprint density at radius 2 is 2.10 bits per heavy atom. The SMILES string of the molecule is CCCOC1CC2(C)OC1(C)[C@H](C=O)[C@@H]2C(=O)N(C)c1ccc(C#N)c(C(F)(F)F)c1. The number of rotatable bonds is 6. The summed E-state index contributed by atoms with van der Waals surface area (Å²) in [6.45, 7) is 5.94. The molecule has 1 aromatic rings. The largest absolute Gasteiger partial charge is 0.417 e. The fourth-order valence-corrected chi connectivity index (χ4v) is 4.89. The molecule has 0 spiro atoms. The highest BCUT2D eigenvalue weighted by molar-refractivity contribution is 5.97. The van der Waals surface area contributed by atoms with Crippen LogP contribution in [0.15, 0.2) is 18.2 Å². The van der Waals surface area contributed by atoms with Crippen molar-refractivity contribution in [3.63, 3.8) is 0 Å². The third kappa shape index (κ3) is 3.72. The highest BCUT2D eigenvalue weighted by Crippen LogP contribution is 2.58. The normalized spacial score (nSPS) is 32.0. The third-order valence-electron chi connectivity index (χ3n) is 6.44. The topological polar surface area (TPSA) is 79.6 Å². The zero-order valence-electron chi connectivity index (χ0n) is 17.8. The van der Waals surface area contributed by atoms with Crippen molar-refractivity contribution in [2.45, 2.75) is 57.1 Å². The van der Waals surface area contributed by atoms with Gasteiger partial charge in [-0.2, -0.15) is 18.4 Å². The van der Waals surface area contributed by atoms with Gasteiger partial charge in [-0.3, -0.25) is 4.79 Å². The summed E-state index contributed by atoms with van der Waals surface area (Å²) in [5.74, 6) is -2.19. The first-order valence-electron chi connectivity index (χ1n) is 10.1. The molecule has 168 valence electrons. The van der Waals surface area contributed by atoms with Crippen molar-refractivity contribution in [1.82, 2.24) is 0 Å². The van der Waals surface area contributed by atoms with Crippen LogP contribution in [0, 0.1) is 23.2 Å². The molecule has 9 heteroatoms. The lowest BCUT2D eigenvalue weighted by atomic mass is 9.66. The molecular formula is C22H25F3N2O4. The van der Waals surface area contributed by atoms with Gasteiger partial charge in [0, 0.05) is 25.8 Å². The van der Waals surface area contributed by atoms with Gasteiger partial charge in [-0.1, -0.05) is 6.92 Å². The van der Waals surface area contributed by atoms with Crippen LogP contribution >= 0.6 is 0 Å². The van der Waals surface area contributed by atoms with Gasteiger partial charge in [0.25, 0.3) is 0 Å². The van der Waals surface area contributed by atoms with Crippen molar-refractivity contribution in [2.75, 3.05) is 18.6 Å². The molecule has 5 atom stereocenters. The number of halogens is 3. The van der Waals surface area contributed by atoms with Crippen LogP contribution in [0.5, 0.6) is 0 Å². The van der Waals surface area contributed by atoms with E-state index in [2.05, 4.69) is 0 Å². The molecule has 0 N–H and O–H groups in total. The second-order valence-electron chi connectivity index (χ2n) is 8.54. The third-order valence-corrected chi connectivity index (χ3v) is 6.44. The molecule has 0 radical (unpaired) electrons. The number of carbonyl (C=O) groups is 2. The molecule has 2 aliphatic rings. The minimum Gasteiger partial charge on any atom is -0.375 e. The number of nitrogens with zero attached hydrogens (tertiary/aromatic N) is 2. The minimum absolute atomic E-state index is 0.0173. The lowest BCUT2D eigenvalue weighted by Crippen LogP contribution is -2.54. The Morgan fingerprint density at radius 3 is 2.65 bits per heavy atom. The summed E-state index contributed by atoms with van der Waals surface area (Å²) in [7, 11) is 1.36. The Morgan fingerprint density at radius 1 is 1.42 bits per heavy atom. The number of hydrogen-bond acceptors (Lipinski definition) is 5. The average molecular weight is 438 g/mol. The predicted octanol–water partition coefficient (Wildman–Crippen LogP) is 3.72. The van der Waals surface area contributed by atoms with E-state index in [4.69, 9.17) is 14.7 Å². The van der Waals surface area contributed by atoms with E-state index in [1.54, 1.807) is 13.8 Å². The summed E-state index contributed by atoms with van der Waals surface area (Å²) >= 11 is 0. The molecule has 6 nitrogen and oxygen atoms in total. The summed E-state index contributed by atoms with van der Waals surface area (Å²) in [5, 5.41) is 8.98. The average Bonchev–Trinajstić information content (AvgIpc) is 3.11. The van der Waals surface area contributed by atoms with E-state index in [-0.39, 0.29) is 11.8 Å². The first kappa shape index (κ1) is 23.2. The Kier molecular flexibility index (Phi) is 5.93. The molecule has 2 bridgehead atoms. The number of aldehydes is 1. The van der Waals surface area contributed by atoms with Gasteiger partial charge >= 0.3 is 6.18 Å². The molecule has 0 aliphatic carbocycles. The van der Waals surface area contributed by atoms with Gasteiger partial charge in [-0.25, -0.2) is 0 Å². The van der Waals surface area contributed by atoms with Crippen molar-refractivity contribution in [3.8, 4) is 6.07 Å². The van der Waals surface area contributed by atoms with Crippen LogP contribution in [0.3, 0.4) is 0 Å². The van der Waals surface area contributed by atoms with Gasteiger partial charge in [-0.05, 0) is 38.5 Å². The van der Waals surface area contributed by atoms with Gasteiger partial charge in [0.1, 0.15) is 11.9 Å². The van der Waals surface area contributed by atoms with Crippen molar-refractivity contribution < 1.29 is 32.2 Å². The number of nitriles is 1. The fourth-order valence-electron chi connectivity index (χ4n) is 4.89. The Labute approximate surface area is 178 Å². The number of benzene rings is 1. The number of fused-ring (bicyclic) bond motifs is 2. The zero-order chi connectivity index (χ0) is 23.2. The summed E-state index contributed by atoms with van der Waals surface area (Å²) in [4.78, 5) is 26.5. The smallest absolute Gasteiger partial charge is 0.375 e. The summed E-state index contributed by atoms with van der Waals surface area (Å²) < 4.78 is 52.1. The van der Waals surface area contributed by atoms with Crippen molar-refractivity contribution in [2.24, 2.45) is 11.8 Å². The van der Waals surface area contributed by atoms with E-state index >= 15 is 0 Å². The van der Waals surface area contributed by atoms with Gasteiger partial charge in [-0.15, -0.1) is 0 Å². The fraction of sp³-hybridized carbons (Fsp3) is 0.591. The predicted molar refractivity (Wildman–Crippen MR) is 105 cm³/mol. The Bertz CT molecular complexity index is 928. The molecule has 2 saturated heterocycles. The van der Waals surface area contributed by atoms with Crippen LogP contribution in [0.1, 0.15) is 44.7 Å². The van der Waals surface area contributed by atoms with E-state index in [1.807, 2.05) is 6.92 Å². The molecule has 0 saturated carbocycles. The standard InChI is InChI=1S/C22H25F3N2O4/c1-5-8-30-17-10-20(2)18(16(12-28)21(17,3)31-20)19(29)27(4)14-7-6-13(11-26)15(9-14)22(23,24)25/h6-7,9,12,16-18H,5,8,10H2,1-4H3/t16-,17?,18-,20?,21?/m1/s1. The van der Waals surface area contributed by atoms with Gasteiger partial charge < -0.3 is 19.2 Å². The van der Waals surface area contributed by atoms with Crippen LogP contribution in [-0.4, -0.2) is 43.2 Å². The number of hydrogen-bond donors (Lipinski definition) is 0. The number of alkyl halides is 3. The van der Waals surface area contributed by atoms with Crippen molar-refractivity contribution in [1.29, 1.82) is 5.26 Å². The quantitative estimate of drug-likeness (QED) is 0.633. The van der Waals surface area contributed by atoms with E-state index in [9.17, 15) is 22.8 Å². The van der Waals surface area contributed by atoms with Gasteiger partial charge in [0.2, 0.25) is 5.91 Å². The molecule has 3 rings (SSSR count). The molecule has 3 unspecified atom stereocenters. The maximum atomic E-state index is 13.4. The van der Waals surface area contributed by atoms with Crippen LogP contribution in [0.25, 0.3) is 0 Å². The molecule has 0 aromatic heterocycles. The first-order valence-corrected chi connectivity index (χ1v) is 10.1. The second-order valence-corrected chi connectivity index (χ2v) is 8.54. The maximum Gasteiger partial charge on any atom is 0.417 e. The van der Waals surface area contributed by atoms with Crippen LogP contribution in [-0.2, 0) is 25.2 Å². The van der Waals surface area contributed by atoms with Gasteiger partial charge in [0.05, 0.1) is 40.7 Å². The van der Waals surface area contributed by atoms with Crippen LogP contribution in [0.2, 0.25) is 0 Å². The molecule has 1 aromatic carbocycles. The summed E-state index contributed by atoms with van der Waals surface area (Å²) in [5.41, 5.74) is -3.63. The summed E-state index contributed by atoms with van der Waals surface area (Å²) in [6, 6.07) is 4.62. The molecule has 2 heterocycles. The van der Waals surface area contributed by atoms with Crippen LogP contribution < -0.4 is 4.90 Å². The van der Waals surface area contributed by atoms with E-state index in [0.717, 1.165) is 23.5 Å². The molecule has 2 fully saturated rings. The highest BCUT2D eigenvalue weighted by atomic mass is 19.4. The second kappa shape index (κ2) is 7.92. The molecule has 31 heavy (non-hydrogen) atoms. The van der Waals surface area contributed by atoms with Gasteiger partial charge in [0.15, 0.2) is 0 Å². The zero-order valence-corrected chi connectivity index (χ0v) is 17.8. The molecule has 2 aliphatic heterocycles. The van der Waals surface area contributed by atoms with Crippen molar-refractivity contribution >= 4 is 17.9 Å². The van der Waals surface area contributed by atoms with Crippen LogP contribution in [0.4, 0.5) is 18.9 Å². The molecule has 1 amide bonds. The minimum atomic E-state index is -4.74. The summed E-state index contributed by atoms with van der Waals surface area (Å²) in [6.07, 6.45) is -3.22. The maximum absolute atomic E-state index is 13.4. The molecular weight excluding hydrogens is 413 g/mol. The lowest BCUT2D eigenvalue weighted by Gasteiger charge is -2.39. The number of carbonyl (C=O) groups excluding carboxylic acids is 2. The Balaban J connectivity index is 1.93. The number of ether oxygens (including phenoxy) is 2. The first-order chi connectivity index (χ1) is 14.4. The van der Waals surface area contributed by atoms with E-state index in [1.165, 1.54) is 19.2 Å². The van der Waals surface area contributed by atoms with E-state index in [0.29, 0.717) is 19.3 Å². The lowest BCUT2D eigenvalue weighted by molar-refractivity contribution is -0.138. The Hall–Kier alpha value is -2.44. The highest BCUT2D eigenvalue weighted by Gasteiger charge is 2.70. The number of anilines is 1. The number of amides is 1.